The van der Waals surface area contributed by atoms with Crippen molar-refractivity contribution in [3.05, 3.63) is 59.4 Å². The van der Waals surface area contributed by atoms with E-state index in [9.17, 15) is 9.50 Å². The molecule has 0 saturated carbocycles. The third-order valence-corrected chi connectivity index (χ3v) is 5.56. The molecule has 1 heterocycles. The summed E-state index contributed by atoms with van der Waals surface area (Å²) in [5, 5.41) is 10.4. The van der Waals surface area contributed by atoms with E-state index in [2.05, 4.69) is 23.7 Å². The van der Waals surface area contributed by atoms with Crippen LogP contribution in [0, 0.1) is 5.82 Å². The highest BCUT2D eigenvalue weighted by Gasteiger charge is 2.26. The molecule has 0 aromatic heterocycles. The second kappa shape index (κ2) is 10.4. The number of rotatable bonds is 8. The number of phenolic OH excluding ortho intramolecular Hbond substituents is 1. The number of anilines is 1. The van der Waals surface area contributed by atoms with E-state index >= 15 is 0 Å². The zero-order valence-corrected chi connectivity index (χ0v) is 17.3. The minimum atomic E-state index is -0.230. The molecule has 0 amide bonds. The van der Waals surface area contributed by atoms with Crippen LogP contribution >= 0.6 is 0 Å². The molecule has 0 unspecified atom stereocenters. The molecule has 29 heavy (non-hydrogen) atoms. The molecule has 1 aliphatic rings. The largest absolute Gasteiger partial charge is 0.507 e. The van der Waals surface area contributed by atoms with Crippen LogP contribution in [0.4, 0.5) is 10.1 Å². The molecule has 2 aromatic carbocycles. The highest BCUT2D eigenvalue weighted by atomic mass is 19.1. The third kappa shape index (κ3) is 5.55. The molecule has 2 aromatic rings. The lowest BCUT2D eigenvalue weighted by molar-refractivity contribution is -0.937. The summed E-state index contributed by atoms with van der Waals surface area (Å²) in [7, 11) is 0. The maximum absolute atomic E-state index is 13.4. The van der Waals surface area contributed by atoms with Gasteiger partial charge in [-0.3, -0.25) is 4.99 Å². The fraction of sp³-hybridized carbons (Fsp3) is 0.435. The van der Waals surface area contributed by atoms with E-state index in [1.807, 2.05) is 24.3 Å². The van der Waals surface area contributed by atoms with Crippen LogP contribution in [-0.2, 0) is 4.74 Å². The molecule has 6 heteroatoms. The van der Waals surface area contributed by atoms with Gasteiger partial charge >= 0.3 is 0 Å². The Balaban J connectivity index is 1.74. The zero-order valence-electron chi connectivity index (χ0n) is 17.3. The Morgan fingerprint density at radius 1 is 1.14 bits per heavy atom. The number of halogens is 1. The summed E-state index contributed by atoms with van der Waals surface area (Å²) >= 11 is 0. The molecule has 1 atom stereocenters. The molecule has 3 rings (SSSR count). The van der Waals surface area contributed by atoms with E-state index in [-0.39, 0.29) is 17.6 Å². The predicted molar refractivity (Wildman–Crippen MR) is 115 cm³/mol. The van der Waals surface area contributed by atoms with Crippen LogP contribution in [0.2, 0.25) is 0 Å². The van der Waals surface area contributed by atoms with Crippen LogP contribution in [0.1, 0.15) is 31.0 Å². The van der Waals surface area contributed by atoms with Gasteiger partial charge in [0, 0.05) is 42.2 Å². The van der Waals surface area contributed by atoms with Gasteiger partial charge < -0.3 is 19.6 Å². The van der Waals surface area contributed by atoms with Crippen molar-refractivity contribution in [2.75, 3.05) is 50.8 Å². The van der Waals surface area contributed by atoms with Crippen molar-refractivity contribution in [1.82, 2.24) is 0 Å². The van der Waals surface area contributed by atoms with Gasteiger partial charge in [0.25, 0.3) is 0 Å². The highest BCUT2D eigenvalue weighted by molar-refractivity contribution is 5.84. The summed E-state index contributed by atoms with van der Waals surface area (Å²) in [5.41, 5.74) is 2.78. The predicted octanol–water partition coefficient (Wildman–Crippen LogP) is 2.45. The number of quaternary nitrogens is 1. The number of benzene rings is 2. The SMILES string of the molecule is CCN(CC)c1ccc(C=NC[C@H](c2ccc(F)cc2)[NH+]2CCOCC2)c(O)c1. The Morgan fingerprint density at radius 3 is 2.45 bits per heavy atom. The smallest absolute Gasteiger partial charge is 0.133 e. The number of phenols is 1. The van der Waals surface area contributed by atoms with Crippen molar-refractivity contribution in [2.24, 2.45) is 4.99 Å². The molecule has 0 radical (unpaired) electrons. The van der Waals surface area contributed by atoms with E-state index < -0.39 is 0 Å². The summed E-state index contributed by atoms with van der Waals surface area (Å²) in [6.07, 6.45) is 1.73. The van der Waals surface area contributed by atoms with Crippen LogP contribution in [0.5, 0.6) is 5.75 Å². The van der Waals surface area contributed by atoms with Crippen LogP contribution in [0.25, 0.3) is 0 Å². The fourth-order valence-electron chi connectivity index (χ4n) is 3.83. The van der Waals surface area contributed by atoms with Gasteiger partial charge in [0.15, 0.2) is 0 Å². The normalized spacial score (nSPS) is 16.2. The first-order valence-corrected chi connectivity index (χ1v) is 10.4. The van der Waals surface area contributed by atoms with Crippen molar-refractivity contribution in [3.63, 3.8) is 0 Å². The van der Waals surface area contributed by atoms with Gasteiger partial charge in [-0.15, -0.1) is 0 Å². The first-order valence-electron chi connectivity index (χ1n) is 10.4. The molecule has 0 spiro atoms. The Bertz CT molecular complexity index is 800. The average molecular weight is 401 g/mol. The Kier molecular flexibility index (Phi) is 7.61. The Hall–Kier alpha value is -2.44. The molecule has 0 bridgehead atoms. The first-order chi connectivity index (χ1) is 14.1. The van der Waals surface area contributed by atoms with E-state index in [4.69, 9.17) is 4.74 Å². The number of nitrogens with one attached hydrogen (secondary N) is 1. The van der Waals surface area contributed by atoms with E-state index in [1.165, 1.54) is 17.0 Å². The minimum Gasteiger partial charge on any atom is -0.507 e. The summed E-state index contributed by atoms with van der Waals surface area (Å²) in [5.74, 6) is 0.00129. The molecule has 2 N–H and O–H groups in total. The summed E-state index contributed by atoms with van der Waals surface area (Å²) < 4.78 is 18.9. The Labute approximate surface area is 172 Å². The molecular formula is C23H31FN3O2+. The summed E-state index contributed by atoms with van der Waals surface area (Å²) in [6, 6.07) is 12.5. The molecule has 156 valence electrons. The molecular weight excluding hydrogens is 369 g/mol. The molecule has 5 nitrogen and oxygen atoms in total. The maximum atomic E-state index is 13.4. The Morgan fingerprint density at radius 2 is 1.83 bits per heavy atom. The number of aliphatic imine (C=N–C) groups is 1. The zero-order chi connectivity index (χ0) is 20.6. The van der Waals surface area contributed by atoms with Gasteiger partial charge in [-0.05, 0) is 38.1 Å². The van der Waals surface area contributed by atoms with Crippen LogP contribution < -0.4 is 9.80 Å². The van der Waals surface area contributed by atoms with Crippen LogP contribution in [-0.4, -0.2) is 57.3 Å². The van der Waals surface area contributed by atoms with Gasteiger partial charge in [-0.25, -0.2) is 4.39 Å². The molecule has 1 fully saturated rings. The van der Waals surface area contributed by atoms with Crippen LogP contribution in [0.15, 0.2) is 47.5 Å². The van der Waals surface area contributed by atoms with Gasteiger partial charge in [0.05, 0.1) is 19.8 Å². The van der Waals surface area contributed by atoms with E-state index in [0.717, 1.165) is 50.6 Å². The van der Waals surface area contributed by atoms with Crippen molar-refractivity contribution in [1.29, 1.82) is 0 Å². The number of ether oxygens (including phenoxy) is 1. The van der Waals surface area contributed by atoms with Crippen molar-refractivity contribution in [2.45, 2.75) is 19.9 Å². The lowest BCUT2D eigenvalue weighted by Gasteiger charge is -2.31. The maximum Gasteiger partial charge on any atom is 0.133 e. The van der Waals surface area contributed by atoms with Gasteiger partial charge in [0.1, 0.15) is 30.7 Å². The fourth-order valence-corrected chi connectivity index (χ4v) is 3.83. The number of hydrogen-bond donors (Lipinski definition) is 2. The average Bonchev–Trinajstić information content (AvgIpc) is 2.75. The van der Waals surface area contributed by atoms with Gasteiger partial charge in [-0.1, -0.05) is 12.1 Å². The molecule has 1 aliphatic heterocycles. The highest BCUT2D eigenvalue weighted by Crippen LogP contribution is 2.23. The lowest BCUT2D eigenvalue weighted by atomic mass is 10.0. The van der Waals surface area contributed by atoms with Crippen molar-refractivity contribution >= 4 is 11.9 Å². The minimum absolute atomic E-state index is 0.132. The number of nitrogens with zero attached hydrogens (tertiary/aromatic N) is 2. The molecule has 1 saturated heterocycles. The number of aromatic hydroxyl groups is 1. The topological polar surface area (TPSA) is 49.5 Å². The van der Waals surface area contributed by atoms with Crippen molar-refractivity contribution in [3.8, 4) is 5.75 Å². The van der Waals surface area contributed by atoms with Gasteiger partial charge in [-0.2, -0.15) is 0 Å². The molecule has 0 aliphatic carbocycles. The van der Waals surface area contributed by atoms with E-state index in [1.54, 1.807) is 12.3 Å². The standard InChI is InChI=1S/C23H30FN3O2/c1-3-26(4-2)21-10-7-19(23(28)15-21)16-25-17-22(27-11-13-29-14-12-27)18-5-8-20(24)9-6-18/h5-10,15-16,22,28H,3-4,11-14,17H2,1-2H3/p+1/t22-/m1/s1. The van der Waals surface area contributed by atoms with Gasteiger partial charge in [0.2, 0.25) is 0 Å². The lowest BCUT2D eigenvalue weighted by Crippen LogP contribution is -3.14. The number of hydrogen-bond acceptors (Lipinski definition) is 4. The van der Waals surface area contributed by atoms with Crippen molar-refractivity contribution < 1.29 is 19.1 Å². The second-order valence-electron chi connectivity index (χ2n) is 7.28. The van der Waals surface area contributed by atoms with Crippen LogP contribution in [0.3, 0.4) is 0 Å². The number of morpholine rings is 1. The third-order valence-electron chi connectivity index (χ3n) is 5.56. The first kappa shape index (κ1) is 21.3. The second-order valence-corrected chi connectivity index (χ2v) is 7.28. The quantitative estimate of drug-likeness (QED) is 0.670. The van der Waals surface area contributed by atoms with E-state index in [0.29, 0.717) is 12.1 Å². The summed E-state index contributed by atoms with van der Waals surface area (Å²) in [4.78, 5) is 8.22. The summed E-state index contributed by atoms with van der Waals surface area (Å²) in [6.45, 7) is 9.81. The monoisotopic (exact) mass is 400 g/mol.